The summed E-state index contributed by atoms with van der Waals surface area (Å²) >= 11 is 0. The first kappa shape index (κ1) is 20.1. The van der Waals surface area contributed by atoms with Crippen molar-refractivity contribution in [1.82, 2.24) is 24.8 Å². The van der Waals surface area contributed by atoms with E-state index in [1.165, 1.54) is 0 Å². The minimum Gasteiger partial charge on any atom is -0.454 e. The molecule has 1 aromatic carbocycles. The van der Waals surface area contributed by atoms with E-state index in [2.05, 4.69) is 40.7 Å². The van der Waals surface area contributed by atoms with Gasteiger partial charge in [0.25, 0.3) is 0 Å². The average Bonchev–Trinajstić information content (AvgIpc) is 3.29. The molecule has 3 heterocycles. The topological polar surface area (TPSA) is 100 Å². The van der Waals surface area contributed by atoms with E-state index < -0.39 is 6.08 Å². The molecule has 1 aliphatic heterocycles. The molecule has 0 unspecified atom stereocenters. The number of hydrogen-bond donors (Lipinski definition) is 2. The summed E-state index contributed by atoms with van der Waals surface area (Å²) in [7, 11) is 0. The van der Waals surface area contributed by atoms with Gasteiger partial charge >= 0.3 is 6.08 Å². The van der Waals surface area contributed by atoms with Crippen molar-refractivity contribution in [2.75, 3.05) is 19.1 Å². The highest BCUT2D eigenvalue weighted by Gasteiger charge is 2.20. The van der Waals surface area contributed by atoms with Gasteiger partial charge in [0.1, 0.15) is 5.82 Å². The van der Waals surface area contributed by atoms with Gasteiger partial charge in [-0.3, -0.25) is 0 Å². The lowest BCUT2D eigenvalue weighted by molar-refractivity contribution is 0.174. The highest BCUT2D eigenvalue weighted by molar-refractivity contribution is 5.82. The Bertz CT molecular complexity index is 1100. The number of halogens is 1. The summed E-state index contributed by atoms with van der Waals surface area (Å²) in [5.74, 6) is 2.14. The second-order valence-electron chi connectivity index (χ2n) is 7.48. The third-order valence-electron chi connectivity index (χ3n) is 4.99. The Morgan fingerprint density at radius 1 is 1.27 bits per heavy atom. The molecule has 0 spiro atoms. The van der Waals surface area contributed by atoms with E-state index in [1.54, 1.807) is 6.08 Å². The molecule has 0 aliphatic carbocycles. The van der Waals surface area contributed by atoms with Gasteiger partial charge in [-0.25, -0.2) is 4.98 Å². The Kier molecular flexibility index (Phi) is 5.54. The van der Waals surface area contributed by atoms with Crippen LogP contribution in [0.3, 0.4) is 0 Å². The molecule has 3 aromatic rings. The smallest absolute Gasteiger partial charge is 0.312 e. The molecule has 0 saturated heterocycles. The van der Waals surface area contributed by atoms with Crippen molar-refractivity contribution in [3.63, 3.8) is 0 Å². The average molecular weight is 412 g/mol. The molecule has 30 heavy (non-hydrogen) atoms. The third-order valence-corrected chi connectivity index (χ3v) is 4.99. The first-order valence-corrected chi connectivity index (χ1v) is 9.92. The summed E-state index contributed by atoms with van der Waals surface area (Å²) in [4.78, 5) is 12.2. The fourth-order valence-electron chi connectivity index (χ4n) is 3.55. The predicted molar refractivity (Wildman–Crippen MR) is 113 cm³/mol. The van der Waals surface area contributed by atoms with Crippen LogP contribution >= 0.6 is 0 Å². The number of anilines is 1. The van der Waals surface area contributed by atoms with E-state index in [9.17, 15) is 4.39 Å². The third kappa shape index (κ3) is 3.93. The first-order valence-electron chi connectivity index (χ1n) is 9.92. The van der Waals surface area contributed by atoms with E-state index in [-0.39, 0.29) is 12.6 Å². The SMILES string of the molecule is C=Cc1cc2c(cc1Cc1nc3c(N)nc(F)nc3n1CCCNC(C)C)OCO2. The fraction of sp³-hybridized carbons (Fsp3) is 0.381. The van der Waals surface area contributed by atoms with Crippen LogP contribution in [0.5, 0.6) is 11.5 Å². The van der Waals surface area contributed by atoms with E-state index >= 15 is 0 Å². The molecule has 2 aromatic heterocycles. The lowest BCUT2D eigenvalue weighted by atomic mass is 10.0. The van der Waals surface area contributed by atoms with Gasteiger partial charge in [-0.2, -0.15) is 14.4 Å². The maximum Gasteiger partial charge on any atom is 0.312 e. The number of benzene rings is 1. The highest BCUT2D eigenvalue weighted by atomic mass is 19.1. The lowest BCUT2D eigenvalue weighted by Gasteiger charge is -2.12. The minimum atomic E-state index is -0.858. The molecule has 0 fully saturated rings. The van der Waals surface area contributed by atoms with Crippen molar-refractivity contribution in [1.29, 1.82) is 0 Å². The Balaban J connectivity index is 1.72. The fourth-order valence-corrected chi connectivity index (χ4v) is 3.55. The van der Waals surface area contributed by atoms with Gasteiger partial charge < -0.3 is 25.1 Å². The van der Waals surface area contributed by atoms with Crippen LogP contribution in [0.2, 0.25) is 0 Å². The molecular formula is C21H25FN6O2. The second-order valence-corrected chi connectivity index (χ2v) is 7.48. The van der Waals surface area contributed by atoms with Crippen molar-refractivity contribution >= 4 is 23.1 Å². The number of nitrogen functional groups attached to an aromatic ring is 1. The largest absolute Gasteiger partial charge is 0.454 e. The molecule has 158 valence electrons. The number of nitrogens with zero attached hydrogens (tertiary/aromatic N) is 4. The van der Waals surface area contributed by atoms with Crippen LogP contribution in [0.1, 0.15) is 37.2 Å². The maximum absolute atomic E-state index is 13.9. The van der Waals surface area contributed by atoms with Crippen LogP contribution in [0.25, 0.3) is 17.2 Å². The number of aryl methyl sites for hydroxylation is 1. The van der Waals surface area contributed by atoms with Gasteiger partial charge in [0.2, 0.25) is 6.79 Å². The summed E-state index contributed by atoms with van der Waals surface area (Å²) < 4.78 is 26.8. The number of imidazole rings is 1. The van der Waals surface area contributed by atoms with Gasteiger partial charge in [-0.05, 0) is 36.2 Å². The molecule has 4 rings (SSSR count). The van der Waals surface area contributed by atoms with Gasteiger partial charge in [-0.1, -0.05) is 26.5 Å². The molecule has 3 N–H and O–H groups in total. The number of hydrogen-bond acceptors (Lipinski definition) is 7. The predicted octanol–water partition coefficient (Wildman–Crippen LogP) is 2.90. The summed E-state index contributed by atoms with van der Waals surface area (Å²) in [5.41, 5.74) is 8.63. The quantitative estimate of drug-likeness (QED) is 0.433. The van der Waals surface area contributed by atoms with Crippen molar-refractivity contribution in [2.24, 2.45) is 0 Å². The normalized spacial score (nSPS) is 12.8. The summed E-state index contributed by atoms with van der Waals surface area (Å²) in [6, 6.07) is 4.22. The van der Waals surface area contributed by atoms with Crippen LogP contribution in [-0.4, -0.2) is 38.9 Å². The molecular weight excluding hydrogens is 387 g/mol. The molecule has 8 nitrogen and oxygen atoms in total. The number of rotatable bonds is 8. The van der Waals surface area contributed by atoms with E-state index in [0.717, 1.165) is 29.9 Å². The lowest BCUT2D eigenvalue weighted by Crippen LogP contribution is -2.24. The minimum absolute atomic E-state index is 0.0347. The summed E-state index contributed by atoms with van der Waals surface area (Å²) in [5, 5.41) is 3.39. The summed E-state index contributed by atoms with van der Waals surface area (Å²) in [6.07, 6.45) is 2.22. The zero-order chi connectivity index (χ0) is 21.3. The molecule has 0 bridgehead atoms. The number of ether oxygens (including phenoxy) is 2. The van der Waals surface area contributed by atoms with Crippen LogP contribution in [0.15, 0.2) is 18.7 Å². The van der Waals surface area contributed by atoms with E-state index in [1.807, 2.05) is 16.7 Å². The van der Waals surface area contributed by atoms with Crippen LogP contribution in [-0.2, 0) is 13.0 Å². The molecule has 1 aliphatic rings. The number of fused-ring (bicyclic) bond motifs is 2. The van der Waals surface area contributed by atoms with Gasteiger partial charge in [0, 0.05) is 19.0 Å². The van der Waals surface area contributed by atoms with Crippen molar-refractivity contribution < 1.29 is 13.9 Å². The number of aromatic nitrogens is 4. The van der Waals surface area contributed by atoms with Crippen LogP contribution < -0.4 is 20.5 Å². The second kappa shape index (κ2) is 8.27. The zero-order valence-electron chi connectivity index (χ0n) is 17.1. The molecule has 0 radical (unpaired) electrons. The van der Waals surface area contributed by atoms with Gasteiger partial charge in [-0.15, -0.1) is 0 Å². The molecule has 0 atom stereocenters. The maximum atomic E-state index is 13.9. The van der Waals surface area contributed by atoms with E-state index in [0.29, 0.717) is 41.7 Å². The molecule has 9 heteroatoms. The zero-order valence-corrected chi connectivity index (χ0v) is 17.1. The Labute approximate surface area is 173 Å². The van der Waals surface area contributed by atoms with Crippen LogP contribution in [0.4, 0.5) is 10.2 Å². The van der Waals surface area contributed by atoms with Crippen molar-refractivity contribution in [3.8, 4) is 11.5 Å². The number of nitrogens with one attached hydrogen (secondary N) is 1. The highest BCUT2D eigenvalue weighted by Crippen LogP contribution is 2.36. The Morgan fingerprint density at radius 2 is 2.03 bits per heavy atom. The van der Waals surface area contributed by atoms with Crippen LogP contribution in [0, 0.1) is 6.08 Å². The van der Waals surface area contributed by atoms with E-state index in [4.69, 9.17) is 15.2 Å². The monoisotopic (exact) mass is 412 g/mol. The van der Waals surface area contributed by atoms with Crippen molar-refractivity contribution in [2.45, 2.75) is 39.3 Å². The van der Waals surface area contributed by atoms with Gasteiger partial charge in [0.05, 0.1) is 0 Å². The Hall–Kier alpha value is -3.20. The molecule has 0 amide bonds. The van der Waals surface area contributed by atoms with Crippen molar-refractivity contribution in [3.05, 3.63) is 41.7 Å². The molecule has 0 saturated carbocycles. The standard InChI is InChI=1S/C21H25FN6O2/c1-4-13-8-15-16(30-11-29-15)9-14(13)10-17-25-18-19(23)26-21(22)27-20(18)28(17)7-5-6-24-12(2)3/h4,8-9,12,24H,1,5-7,10-11H2,2-3H3,(H2,23,26,27). The Morgan fingerprint density at radius 3 is 2.77 bits per heavy atom. The van der Waals surface area contributed by atoms with Gasteiger partial charge in [0.15, 0.2) is 28.5 Å². The summed E-state index contributed by atoms with van der Waals surface area (Å²) in [6.45, 7) is 9.73. The first-order chi connectivity index (χ1) is 14.5. The number of nitrogens with two attached hydrogens (primary N) is 1.